The second kappa shape index (κ2) is 8.31. The first-order valence-electron chi connectivity index (χ1n) is 10.4. The van der Waals surface area contributed by atoms with Crippen molar-refractivity contribution in [3.8, 4) is 11.4 Å². The van der Waals surface area contributed by atoms with E-state index in [4.69, 9.17) is 4.52 Å². The van der Waals surface area contributed by atoms with Crippen LogP contribution in [0.2, 0.25) is 0 Å². The monoisotopic (exact) mass is 442 g/mol. The Kier molecular flexibility index (Phi) is 5.18. The second-order valence-corrected chi connectivity index (χ2v) is 7.78. The average Bonchev–Trinajstić information content (AvgIpc) is 3.30. The Hall–Kier alpha value is -4.33. The van der Waals surface area contributed by atoms with Gasteiger partial charge in [0, 0.05) is 5.56 Å². The number of fused-ring (bicyclic) bond motifs is 1. The molecule has 0 spiro atoms. The van der Waals surface area contributed by atoms with Crippen LogP contribution in [0.15, 0.2) is 86.9 Å². The number of hydrogen-bond acceptors (Lipinski definition) is 5. The molecule has 0 saturated heterocycles. The third kappa shape index (κ3) is 3.98. The van der Waals surface area contributed by atoms with Crippen LogP contribution in [-0.2, 0) is 13.1 Å². The maximum Gasteiger partial charge on any atom is 0.332 e. The summed E-state index contributed by atoms with van der Waals surface area (Å²) in [6, 6.07) is 20.3. The first-order chi connectivity index (χ1) is 16.0. The van der Waals surface area contributed by atoms with Crippen LogP contribution in [0, 0.1) is 12.7 Å². The summed E-state index contributed by atoms with van der Waals surface area (Å²) in [5.74, 6) is 0.119. The van der Waals surface area contributed by atoms with Gasteiger partial charge < -0.3 is 4.52 Å². The summed E-state index contributed by atoms with van der Waals surface area (Å²) in [6.07, 6.45) is 0. The van der Waals surface area contributed by atoms with Crippen LogP contribution in [0.5, 0.6) is 0 Å². The third-order valence-corrected chi connectivity index (χ3v) is 5.46. The summed E-state index contributed by atoms with van der Waals surface area (Å²) in [6.45, 7) is 2.11. The van der Waals surface area contributed by atoms with Crippen molar-refractivity contribution in [2.45, 2.75) is 20.0 Å². The van der Waals surface area contributed by atoms with E-state index in [9.17, 15) is 14.0 Å². The molecule has 0 aliphatic rings. The van der Waals surface area contributed by atoms with Crippen molar-refractivity contribution in [2.24, 2.45) is 0 Å². The van der Waals surface area contributed by atoms with Gasteiger partial charge in [-0.05, 0) is 48.9 Å². The van der Waals surface area contributed by atoms with Crippen LogP contribution in [0.25, 0.3) is 22.3 Å². The van der Waals surface area contributed by atoms with E-state index < -0.39 is 5.69 Å². The first kappa shape index (κ1) is 20.6. The lowest BCUT2D eigenvalue weighted by atomic mass is 10.1. The van der Waals surface area contributed by atoms with Gasteiger partial charge in [-0.15, -0.1) is 0 Å². The fraction of sp³-hybridized carbons (Fsp3) is 0.120. The van der Waals surface area contributed by atoms with E-state index in [2.05, 4.69) is 10.1 Å². The summed E-state index contributed by atoms with van der Waals surface area (Å²) in [5, 5.41) is 4.36. The standard InChI is InChI=1S/C25H19FN4O3/c1-16-6-8-17(9-7-16)14-30-24(31)20-4-2-3-5-21(20)29(25(30)32)15-22-27-23(28-33-22)18-10-12-19(26)13-11-18/h2-13H,14-15H2,1H3. The lowest BCUT2D eigenvalue weighted by Crippen LogP contribution is -2.40. The molecule has 8 heteroatoms. The van der Waals surface area contributed by atoms with Crippen LogP contribution < -0.4 is 11.2 Å². The van der Waals surface area contributed by atoms with Gasteiger partial charge in [0.1, 0.15) is 12.4 Å². The van der Waals surface area contributed by atoms with Crippen LogP contribution >= 0.6 is 0 Å². The molecular weight excluding hydrogens is 423 g/mol. The van der Waals surface area contributed by atoms with Crippen molar-refractivity contribution in [1.82, 2.24) is 19.3 Å². The van der Waals surface area contributed by atoms with Crippen molar-refractivity contribution in [3.63, 3.8) is 0 Å². The highest BCUT2D eigenvalue weighted by Gasteiger charge is 2.16. The molecule has 0 fully saturated rings. The maximum atomic E-state index is 13.4. The molecular formula is C25H19FN4O3. The minimum Gasteiger partial charge on any atom is -0.337 e. The Morgan fingerprint density at radius 3 is 2.36 bits per heavy atom. The van der Waals surface area contributed by atoms with Gasteiger partial charge in [-0.25, -0.2) is 9.18 Å². The molecule has 0 atom stereocenters. The topological polar surface area (TPSA) is 82.9 Å². The minimum absolute atomic E-state index is 0.0122. The van der Waals surface area contributed by atoms with Crippen LogP contribution in [0.3, 0.4) is 0 Å². The maximum absolute atomic E-state index is 13.4. The second-order valence-electron chi connectivity index (χ2n) is 7.78. The molecule has 0 N–H and O–H groups in total. The van der Waals surface area contributed by atoms with E-state index in [1.807, 2.05) is 31.2 Å². The third-order valence-electron chi connectivity index (χ3n) is 5.46. The molecule has 3 aromatic carbocycles. The van der Waals surface area contributed by atoms with E-state index in [-0.39, 0.29) is 36.2 Å². The number of benzene rings is 3. The summed E-state index contributed by atoms with van der Waals surface area (Å²) < 4.78 is 21.2. The van der Waals surface area contributed by atoms with Gasteiger partial charge in [0.05, 0.1) is 17.4 Å². The van der Waals surface area contributed by atoms with E-state index in [0.717, 1.165) is 11.1 Å². The van der Waals surface area contributed by atoms with Crippen molar-refractivity contribution < 1.29 is 8.91 Å². The molecule has 0 unspecified atom stereocenters. The van der Waals surface area contributed by atoms with Crippen molar-refractivity contribution >= 4 is 10.9 Å². The number of aryl methyl sites for hydroxylation is 1. The molecule has 0 aliphatic heterocycles. The lowest BCUT2D eigenvalue weighted by Gasteiger charge is -2.13. The van der Waals surface area contributed by atoms with E-state index in [0.29, 0.717) is 16.5 Å². The van der Waals surface area contributed by atoms with Crippen LogP contribution in [0.1, 0.15) is 17.0 Å². The molecule has 0 saturated carbocycles. The largest absolute Gasteiger partial charge is 0.337 e. The number of aromatic nitrogens is 4. The highest BCUT2D eigenvalue weighted by Crippen LogP contribution is 2.17. The molecule has 2 heterocycles. The van der Waals surface area contributed by atoms with Gasteiger partial charge in [0.15, 0.2) is 0 Å². The summed E-state index contributed by atoms with van der Waals surface area (Å²) >= 11 is 0. The number of hydrogen-bond donors (Lipinski definition) is 0. The Morgan fingerprint density at radius 1 is 0.879 bits per heavy atom. The van der Waals surface area contributed by atoms with Gasteiger partial charge in [0.25, 0.3) is 5.56 Å². The summed E-state index contributed by atoms with van der Waals surface area (Å²) in [5.41, 5.74) is 2.18. The Balaban J connectivity index is 1.58. The van der Waals surface area contributed by atoms with Gasteiger partial charge in [-0.1, -0.05) is 47.1 Å². The summed E-state index contributed by atoms with van der Waals surface area (Å²) in [4.78, 5) is 30.8. The predicted molar refractivity (Wildman–Crippen MR) is 122 cm³/mol. The number of halogens is 1. The minimum atomic E-state index is -0.471. The van der Waals surface area contributed by atoms with E-state index >= 15 is 0 Å². The predicted octanol–water partition coefficient (Wildman–Crippen LogP) is 3.76. The Morgan fingerprint density at radius 2 is 1.61 bits per heavy atom. The zero-order chi connectivity index (χ0) is 22.9. The summed E-state index contributed by atoms with van der Waals surface area (Å²) in [7, 11) is 0. The zero-order valence-corrected chi connectivity index (χ0v) is 17.7. The fourth-order valence-corrected chi connectivity index (χ4v) is 3.71. The number of rotatable bonds is 5. The molecule has 164 valence electrons. The first-order valence-corrected chi connectivity index (χ1v) is 10.4. The van der Waals surface area contributed by atoms with Crippen molar-refractivity contribution in [1.29, 1.82) is 0 Å². The molecule has 33 heavy (non-hydrogen) atoms. The van der Waals surface area contributed by atoms with Crippen molar-refractivity contribution in [3.05, 3.63) is 116 Å². The van der Waals surface area contributed by atoms with E-state index in [1.165, 1.54) is 21.3 Å². The Labute approximate surface area is 187 Å². The SMILES string of the molecule is Cc1ccc(Cn2c(=O)c3ccccc3n(Cc3nc(-c4ccc(F)cc4)no3)c2=O)cc1. The number of nitrogens with zero attached hydrogens (tertiary/aromatic N) is 4. The fourth-order valence-electron chi connectivity index (χ4n) is 3.71. The van der Waals surface area contributed by atoms with E-state index in [1.54, 1.807) is 36.4 Å². The smallest absolute Gasteiger partial charge is 0.332 e. The molecule has 0 radical (unpaired) electrons. The molecule has 0 aliphatic carbocycles. The number of para-hydroxylation sites is 1. The van der Waals surface area contributed by atoms with Gasteiger partial charge in [-0.3, -0.25) is 13.9 Å². The van der Waals surface area contributed by atoms with Gasteiger partial charge in [0.2, 0.25) is 11.7 Å². The zero-order valence-electron chi connectivity index (χ0n) is 17.7. The normalized spacial score (nSPS) is 11.2. The highest BCUT2D eigenvalue weighted by molar-refractivity contribution is 5.77. The van der Waals surface area contributed by atoms with Gasteiger partial charge in [-0.2, -0.15) is 4.98 Å². The quantitative estimate of drug-likeness (QED) is 0.414. The molecule has 0 bridgehead atoms. The molecule has 0 amide bonds. The van der Waals surface area contributed by atoms with Crippen LogP contribution in [-0.4, -0.2) is 19.3 Å². The molecule has 2 aromatic heterocycles. The highest BCUT2D eigenvalue weighted by atomic mass is 19.1. The van der Waals surface area contributed by atoms with Crippen molar-refractivity contribution in [2.75, 3.05) is 0 Å². The molecule has 5 aromatic rings. The molecule has 5 rings (SSSR count). The molecule has 7 nitrogen and oxygen atoms in total. The lowest BCUT2D eigenvalue weighted by molar-refractivity contribution is 0.369. The Bertz CT molecular complexity index is 1570. The van der Waals surface area contributed by atoms with Crippen LogP contribution in [0.4, 0.5) is 4.39 Å². The average molecular weight is 442 g/mol. The van der Waals surface area contributed by atoms with Gasteiger partial charge >= 0.3 is 5.69 Å².